The molecule has 1 aromatic carbocycles. The maximum absolute atomic E-state index is 12.5. The summed E-state index contributed by atoms with van der Waals surface area (Å²) < 4.78 is 10.6. The van der Waals surface area contributed by atoms with E-state index in [0.717, 1.165) is 24.5 Å². The number of ether oxygens (including phenoxy) is 2. The zero-order chi connectivity index (χ0) is 15.7. The molecule has 1 fully saturated rings. The first kappa shape index (κ1) is 15.2. The monoisotopic (exact) mass is 304 g/mol. The molecule has 0 aromatic heterocycles. The van der Waals surface area contributed by atoms with Gasteiger partial charge in [0.05, 0.1) is 6.04 Å². The molecule has 1 aromatic rings. The fraction of sp³-hybridized carbons (Fsp3) is 0.588. The Balaban J connectivity index is 1.63. The number of amides is 1. The van der Waals surface area contributed by atoms with Crippen LogP contribution in [0.1, 0.15) is 27.2 Å². The van der Waals surface area contributed by atoms with Gasteiger partial charge in [0.15, 0.2) is 11.5 Å². The second kappa shape index (κ2) is 6.16. The van der Waals surface area contributed by atoms with Gasteiger partial charge < -0.3 is 14.8 Å². The fourth-order valence-electron chi connectivity index (χ4n) is 3.41. The minimum Gasteiger partial charge on any atom is -0.454 e. The van der Waals surface area contributed by atoms with Crippen molar-refractivity contribution in [1.82, 2.24) is 4.90 Å². The van der Waals surface area contributed by atoms with Gasteiger partial charge in [0.25, 0.3) is 0 Å². The lowest BCUT2D eigenvalue weighted by Gasteiger charge is -2.38. The molecule has 0 spiro atoms. The lowest BCUT2D eigenvalue weighted by Crippen LogP contribution is -2.48. The van der Waals surface area contributed by atoms with Crippen molar-refractivity contribution in [3.05, 3.63) is 18.2 Å². The maximum Gasteiger partial charge on any atom is 0.241 e. The van der Waals surface area contributed by atoms with E-state index in [4.69, 9.17) is 9.47 Å². The molecule has 1 saturated heterocycles. The number of carbonyl (C=O) groups excluding carboxylic acids is 1. The van der Waals surface area contributed by atoms with Crippen LogP contribution in [0.15, 0.2) is 18.2 Å². The van der Waals surface area contributed by atoms with E-state index in [1.165, 1.54) is 6.42 Å². The summed E-state index contributed by atoms with van der Waals surface area (Å²) in [6, 6.07) is 5.36. The summed E-state index contributed by atoms with van der Waals surface area (Å²) in [5.41, 5.74) is 0.749. The number of rotatable bonds is 3. The van der Waals surface area contributed by atoms with Crippen LogP contribution in [-0.4, -0.2) is 36.7 Å². The first-order valence-electron chi connectivity index (χ1n) is 7.97. The average Bonchev–Trinajstić information content (AvgIpc) is 2.93. The lowest BCUT2D eigenvalue weighted by molar-refractivity contribution is -0.121. The number of piperidine rings is 1. The predicted octanol–water partition coefficient (Wildman–Crippen LogP) is 2.72. The van der Waals surface area contributed by atoms with Gasteiger partial charge in [0.2, 0.25) is 12.7 Å². The molecule has 1 N–H and O–H groups in total. The van der Waals surface area contributed by atoms with Crippen LogP contribution in [0.5, 0.6) is 11.5 Å². The quantitative estimate of drug-likeness (QED) is 0.933. The van der Waals surface area contributed by atoms with Crippen molar-refractivity contribution in [2.24, 2.45) is 11.8 Å². The highest BCUT2D eigenvalue weighted by Crippen LogP contribution is 2.34. The van der Waals surface area contributed by atoms with Crippen LogP contribution >= 0.6 is 0 Å². The highest BCUT2D eigenvalue weighted by Gasteiger charge is 2.29. The molecule has 0 saturated carbocycles. The van der Waals surface area contributed by atoms with Crippen molar-refractivity contribution in [3.8, 4) is 11.5 Å². The molecule has 3 atom stereocenters. The van der Waals surface area contributed by atoms with E-state index in [1.807, 2.05) is 25.1 Å². The number of hydrogen-bond donors (Lipinski definition) is 1. The van der Waals surface area contributed by atoms with Crippen LogP contribution in [0, 0.1) is 11.8 Å². The average molecular weight is 304 g/mol. The lowest BCUT2D eigenvalue weighted by atomic mass is 9.91. The van der Waals surface area contributed by atoms with Crippen molar-refractivity contribution in [3.63, 3.8) is 0 Å². The van der Waals surface area contributed by atoms with Crippen molar-refractivity contribution in [1.29, 1.82) is 0 Å². The van der Waals surface area contributed by atoms with E-state index in [0.29, 0.717) is 17.6 Å². The van der Waals surface area contributed by atoms with Gasteiger partial charge in [-0.15, -0.1) is 0 Å². The molecule has 5 nitrogen and oxygen atoms in total. The number of benzene rings is 1. The number of nitrogens with one attached hydrogen (secondary N) is 1. The van der Waals surface area contributed by atoms with E-state index in [1.54, 1.807) is 0 Å². The third-order valence-corrected chi connectivity index (χ3v) is 4.46. The Morgan fingerprint density at radius 1 is 1.23 bits per heavy atom. The van der Waals surface area contributed by atoms with Gasteiger partial charge in [-0.1, -0.05) is 13.8 Å². The zero-order valence-electron chi connectivity index (χ0n) is 13.5. The molecule has 22 heavy (non-hydrogen) atoms. The van der Waals surface area contributed by atoms with Gasteiger partial charge in [-0.25, -0.2) is 0 Å². The Bertz CT molecular complexity index is 551. The molecule has 5 heteroatoms. The molecule has 0 radical (unpaired) electrons. The molecule has 2 aliphatic heterocycles. The van der Waals surface area contributed by atoms with Gasteiger partial charge in [-0.05, 0) is 37.3 Å². The first-order chi connectivity index (χ1) is 10.5. The van der Waals surface area contributed by atoms with Crippen LogP contribution in [0.3, 0.4) is 0 Å². The summed E-state index contributed by atoms with van der Waals surface area (Å²) in [5.74, 6) is 2.73. The Labute approximate surface area is 131 Å². The maximum atomic E-state index is 12.5. The van der Waals surface area contributed by atoms with Crippen molar-refractivity contribution < 1.29 is 14.3 Å². The first-order valence-corrected chi connectivity index (χ1v) is 7.97. The zero-order valence-corrected chi connectivity index (χ0v) is 13.5. The Hall–Kier alpha value is -1.75. The Kier molecular flexibility index (Phi) is 4.25. The number of anilines is 1. The van der Waals surface area contributed by atoms with E-state index in [-0.39, 0.29) is 18.7 Å². The summed E-state index contributed by atoms with van der Waals surface area (Å²) >= 11 is 0. The van der Waals surface area contributed by atoms with E-state index in [2.05, 4.69) is 24.1 Å². The fourth-order valence-corrected chi connectivity index (χ4v) is 3.41. The van der Waals surface area contributed by atoms with E-state index < -0.39 is 0 Å². The summed E-state index contributed by atoms with van der Waals surface area (Å²) in [4.78, 5) is 14.8. The molecule has 120 valence electrons. The van der Waals surface area contributed by atoms with Crippen molar-refractivity contribution in [2.75, 3.05) is 25.2 Å². The standard InChI is InChI=1S/C17H24N2O3/c1-11-6-12(2)9-19(8-11)13(3)17(20)18-14-4-5-15-16(7-14)22-10-21-15/h4-5,7,11-13H,6,8-10H2,1-3H3,(H,18,20)/t11-,12+,13-/m0/s1. The van der Waals surface area contributed by atoms with Crippen molar-refractivity contribution >= 4 is 11.6 Å². The number of hydrogen-bond acceptors (Lipinski definition) is 4. The Morgan fingerprint density at radius 2 is 1.91 bits per heavy atom. The molecule has 3 rings (SSSR count). The van der Waals surface area contributed by atoms with Crippen LogP contribution in [0.4, 0.5) is 5.69 Å². The number of likely N-dealkylation sites (tertiary alicyclic amines) is 1. The molecule has 2 heterocycles. The summed E-state index contributed by atoms with van der Waals surface area (Å²) in [7, 11) is 0. The normalized spacial score (nSPS) is 25.8. The third-order valence-electron chi connectivity index (χ3n) is 4.46. The van der Waals surface area contributed by atoms with Gasteiger partial charge >= 0.3 is 0 Å². The molecular formula is C17H24N2O3. The third kappa shape index (κ3) is 3.19. The second-order valence-electron chi connectivity index (χ2n) is 6.63. The summed E-state index contributed by atoms with van der Waals surface area (Å²) in [6.07, 6.45) is 1.24. The largest absolute Gasteiger partial charge is 0.454 e. The SMILES string of the molecule is C[C@@H]1C[C@H](C)CN([C@@H](C)C(=O)Nc2ccc3c(c2)OCO3)C1. The number of carbonyl (C=O) groups is 1. The number of fused-ring (bicyclic) bond motifs is 1. The Morgan fingerprint density at radius 3 is 2.64 bits per heavy atom. The molecule has 2 aliphatic rings. The molecule has 0 bridgehead atoms. The highest BCUT2D eigenvalue weighted by atomic mass is 16.7. The van der Waals surface area contributed by atoms with Crippen LogP contribution in [-0.2, 0) is 4.79 Å². The minimum absolute atomic E-state index is 0.0279. The minimum atomic E-state index is -0.129. The van der Waals surface area contributed by atoms with Gasteiger partial charge in [-0.3, -0.25) is 9.69 Å². The van der Waals surface area contributed by atoms with Gasteiger partial charge in [0, 0.05) is 24.8 Å². The second-order valence-corrected chi connectivity index (χ2v) is 6.63. The topological polar surface area (TPSA) is 50.8 Å². The highest BCUT2D eigenvalue weighted by molar-refractivity contribution is 5.94. The van der Waals surface area contributed by atoms with Crippen LogP contribution in [0.2, 0.25) is 0 Å². The predicted molar refractivity (Wildman–Crippen MR) is 85.2 cm³/mol. The van der Waals surface area contributed by atoms with Crippen molar-refractivity contribution in [2.45, 2.75) is 33.2 Å². The van der Waals surface area contributed by atoms with Gasteiger partial charge in [-0.2, -0.15) is 0 Å². The van der Waals surface area contributed by atoms with Gasteiger partial charge in [0.1, 0.15) is 0 Å². The molecular weight excluding hydrogens is 280 g/mol. The summed E-state index contributed by atoms with van der Waals surface area (Å²) in [6.45, 7) is 8.70. The van der Waals surface area contributed by atoms with E-state index in [9.17, 15) is 4.79 Å². The molecule has 0 aliphatic carbocycles. The smallest absolute Gasteiger partial charge is 0.241 e. The summed E-state index contributed by atoms with van der Waals surface area (Å²) in [5, 5.41) is 2.98. The molecule has 1 amide bonds. The molecule has 0 unspecified atom stereocenters. The van der Waals surface area contributed by atoms with Crippen LogP contribution < -0.4 is 14.8 Å². The van der Waals surface area contributed by atoms with E-state index >= 15 is 0 Å². The number of nitrogens with zero attached hydrogens (tertiary/aromatic N) is 1. The van der Waals surface area contributed by atoms with Crippen LogP contribution in [0.25, 0.3) is 0 Å².